The molecule has 0 spiro atoms. The minimum atomic E-state index is -0.0956. The number of nitrogens with one attached hydrogen (secondary N) is 2. The largest absolute Gasteiger partial charge is 0.361 e. The number of fused-ring (bicyclic) bond motifs is 1. The summed E-state index contributed by atoms with van der Waals surface area (Å²) in [5.74, 6) is 0.0188. The maximum Gasteiger partial charge on any atom is 0.239 e. The fourth-order valence-electron chi connectivity index (χ4n) is 2.03. The molecule has 1 aromatic heterocycles. The van der Waals surface area contributed by atoms with Crippen molar-refractivity contribution in [1.82, 2.24) is 10.3 Å². The second-order valence-electron chi connectivity index (χ2n) is 3.95. The Labute approximate surface area is 108 Å². The lowest BCUT2D eigenvalue weighted by molar-refractivity contribution is -0.118. The van der Waals surface area contributed by atoms with E-state index in [0.29, 0.717) is 10.7 Å². The molecule has 2 aromatic rings. The first-order valence-electron chi connectivity index (χ1n) is 5.30. The summed E-state index contributed by atoms with van der Waals surface area (Å²) in [6.07, 6.45) is 2.68. The molecule has 86 valence electrons. The summed E-state index contributed by atoms with van der Waals surface area (Å²) in [6.45, 7) is 0. The lowest BCUT2D eigenvalue weighted by Crippen LogP contribution is -2.25. The molecule has 1 amide bonds. The number of aromatic amines is 1. The third-order valence-electron chi connectivity index (χ3n) is 2.85. The van der Waals surface area contributed by atoms with Gasteiger partial charge in [-0.2, -0.15) is 0 Å². The number of H-pyrrole nitrogens is 1. The number of hydrogen-bond acceptors (Lipinski definition) is 3. The van der Waals surface area contributed by atoms with Crippen LogP contribution in [0.3, 0.4) is 0 Å². The van der Waals surface area contributed by atoms with Gasteiger partial charge in [-0.1, -0.05) is 42.2 Å². The van der Waals surface area contributed by atoms with Gasteiger partial charge in [-0.3, -0.25) is 4.79 Å². The molecule has 1 aromatic carbocycles. The van der Waals surface area contributed by atoms with Crippen LogP contribution >= 0.6 is 24.0 Å². The van der Waals surface area contributed by atoms with Gasteiger partial charge in [-0.05, 0) is 18.1 Å². The van der Waals surface area contributed by atoms with Crippen molar-refractivity contribution in [1.29, 1.82) is 0 Å². The first-order chi connectivity index (χ1) is 8.24. The van der Waals surface area contributed by atoms with Crippen LogP contribution in [0.25, 0.3) is 10.9 Å². The first-order valence-corrected chi connectivity index (χ1v) is 6.59. The van der Waals surface area contributed by atoms with Crippen molar-refractivity contribution < 1.29 is 4.79 Å². The third-order valence-corrected chi connectivity index (χ3v) is 4.22. The molecule has 1 aliphatic rings. The molecule has 2 N–H and O–H groups in total. The molecule has 0 bridgehead atoms. The van der Waals surface area contributed by atoms with E-state index in [9.17, 15) is 4.79 Å². The third kappa shape index (κ3) is 1.96. The van der Waals surface area contributed by atoms with Gasteiger partial charge in [0.05, 0.1) is 5.25 Å². The second-order valence-corrected chi connectivity index (χ2v) is 5.83. The SMILES string of the molecule is O=C1NC(=S)SC1Cc1c[nH]c2ccccc12. The van der Waals surface area contributed by atoms with Crippen LogP contribution in [0.2, 0.25) is 0 Å². The van der Waals surface area contributed by atoms with Crippen molar-refractivity contribution in [2.75, 3.05) is 0 Å². The van der Waals surface area contributed by atoms with Crippen molar-refractivity contribution >= 4 is 45.1 Å². The molecule has 1 aliphatic heterocycles. The van der Waals surface area contributed by atoms with E-state index in [1.165, 1.54) is 17.1 Å². The highest BCUT2D eigenvalue weighted by molar-refractivity contribution is 8.24. The topological polar surface area (TPSA) is 44.9 Å². The Balaban J connectivity index is 1.90. The molecular formula is C12H10N2OS2. The fourth-order valence-corrected chi connectivity index (χ4v) is 3.32. The quantitative estimate of drug-likeness (QED) is 0.816. The highest BCUT2D eigenvalue weighted by atomic mass is 32.2. The number of amides is 1. The van der Waals surface area contributed by atoms with Crippen molar-refractivity contribution in [3.05, 3.63) is 36.0 Å². The average molecular weight is 262 g/mol. The number of rotatable bonds is 2. The molecule has 3 nitrogen and oxygen atoms in total. The molecule has 5 heteroatoms. The molecule has 1 saturated heterocycles. The summed E-state index contributed by atoms with van der Waals surface area (Å²) in [5, 5.41) is 3.76. The number of hydrogen-bond donors (Lipinski definition) is 2. The summed E-state index contributed by atoms with van der Waals surface area (Å²) < 4.78 is 0.583. The predicted octanol–water partition coefficient (Wildman–Crippen LogP) is 2.23. The molecule has 2 heterocycles. The molecular weight excluding hydrogens is 252 g/mol. The zero-order valence-electron chi connectivity index (χ0n) is 8.90. The first kappa shape index (κ1) is 10.8. The lowest BCUT2D eigenvalue weighted by atomic mass is 10.1. The summed E-state index contributed by atoms with van der Waals surface area (Å²) >= 11 is 6.43. The number of aromatic nitrogens is 1. The van der Waals surface area contributed by atoms with E-state index in [0.717, 1.165) is 11.1 Å². The van der Waals surface area contributed by atoms with Crippen LogP contribution in [0.15, 0.2) is 30.5 Å². The normalized spacial score (nSPS) is 19.9. The molecule has 0 radical (unpaired) electrons. The zero-order valence-corrected chi connectivity index (χ0v) is 10.5. The van der Waals surface area contributed by atoms with E-state index >= 15 is 0 Å². The maximum absolute atomic E-state index is 11.6. The van der Waals surface area contributed by atoms with Crippen molar-refractivity contribution in [3.8, 4) is 0 Å². The van der Waals surface area contributed by atoms with Crippen LogP contribution in [0, 0.1) is 0 Å². The zero-order chi connectivity index (χ0) is 11.8. The lowest BCUT2D eigenvalue weighted by Gasteiger charge is -2.03. The van der Waals surface area contributed by atoms with Crippen LogP contribution < -0.4 is 5.32 Å². The van der Waals surface area contributed by atoms with Gasteiger partial charge < -0.3 is 10.3 Å². The summed E-state index contributed by atoms with van der Waals surface area (Å²) in [5.41, 5.74) is 2.27. The highest BCUT2D eigenvalue weighted by Gasteiger charge is 2.29. The molecule has 1 fully saturated rings. The van der Waals surface area contributed by atoms with Crippen LogP contribution in [0.5, 0.6) is 0 Å². The second kappa shape index (κ2) is 4.16. The molecule has 3 rings (SSSR count). The number of benzene rings is 1. The monoisotopic (exact) mass is 262 g/mol. The Morgan fingerprint density at radius 2 is 2.18 bits per heavy atom. The number of carbonyl (C=O) groups is 1. The van der Waals surface area contributed by atoms with Crippen LogP contribution in [0.1, 0.15) is 5.56 Å². The molecule has 17 heavy (non-hydrogen) atoms. The smallest absolute Gasteiger partial charge is 0.239 e. The minimum absolute atomic E-state index is 0.0188. The van der Waals surface area contributed by atoms with Gasteiger partial charge in [0.2, 0.25) is 5.91 Å². The molecule has 0 saturated carbocycles. The number of thiocarbonyl (C=S) groups is 1. The standard InChI is InChI=1S/C12H10N2OS2/c15-11-10(17-12(16)14-11)5-7-6-13-9-4-2-1-3-8(7)9/h1-4,6,10,13H,5H2,(H,14,15,16). The van der Waals surface area contributed by atoms with Gasteiger partial charge in [0.15, 0.2) is 0 Å². The van der Waals surface area contributed by atoms with Crippen LogP contribution in [-0.4, -0.2) is 20.5 Å². The molecule has 0 aliphatic carbocycles. The maximum atomic E-state index is 11.6. The van der Waals surface area contributed by atoms with Gasteiger partial charge in [0.25, 0.3) is 0 Å². The summed E-state index contributed by atoms with van der Waals surface area (Å²) in [6, 6.07) is 8.10. The number of thioether (sulfide) groups is 1. The number of para-hydroxylation sites is 1. The van der Waals surface area contributed by atoms with Crippen molar-refractivity contribution in [2.24, 2.45) is 0 Å². The Kier molecular flexibility index (Phi) is 2.64. The van der Waals surface area contributed by atoms with Crippen LogP contribution in [-0.2, 0) is 11.2 Å². The molecule has 1 atom stereocenters. The van der Waals surface area contributed by atoms with E-state index in [4.69, 9.17) is 12.2 Å². The van der Waals surface area contributed by atoms with Gasteiger partial charge in [0.1, 0.15) is 4.32 Å². The average Bonchev–Trinajstić information content (AvgIpc) is 2.85. The van der Waals surface area contributed by atoms with E-state index in [2.05, 4.69) is 16.4 Å². The van der Waals surface area contributed by atoms with Crippen molar-refractivity contribution in [3.63, 3.8) is 0 Å². The van der Waals surface area contributed by atoms with Crippen molar-refractivity contribution in [2.45, 2.75) is 11.7 Å². The Bertz CT molecular complexity index is 605. The highest BCUT2D eigenvalue weighted by Crippen LogP contribution is 2.26. The van der Waals surface area contributed by atoms with Gasteiger partial charge in [0, 0.05) is 17.1 Å². The van der Waals surface area contributed by atoms with Gasteiger partial charge in [-0.15, -0.1) is 0 Å². The van der Waals surface area contributed by atoms with Gasteiger partial charge in [-0.25, -0.2) is 0 Å². The summed E-state index contributed by atoms with van der Waals surface area (Å²) in [4.78, 5) is 14.8. The fraction of sp³-hybridized carbons (Fsp3) is 0.167. The Morgan fingerprint density at radius 1 is 1.35 bits per heavy atom. The van der Waals surface area contributed by atoms with E-state index in [1.54, 1.807) is 0 Å². The Morgan fingerprint density at radius 3 is 2.94 bits per heavy atom. The minimum Gasteiger partial charge on any atom is -0.361 e. The van der Waals surface area contributed by atoms with E-state index in [-0.39, 0.29) is 11.2 Å². The molecule has 1 unspecified atom stereocenters. The van der Waals surface area contributed by atoms with E-state index in [1.807, 2.05) is 24.4 Å². The van der Waals surface area contributed by atoms with Gasteiger partial charge >= 0.3 is 0 Å². The Hall–Kier alpha value is -1.33. The number of carbonyl (C=O) groups excluding carboxylic acids is 1. The predicted molar refractivity (Wildman–Crippen MR) is 74.1 cm³/mol. The van der Waals surface area contributed by atoms with E-state index < -0.39 is 0 Å². The van der Waals surface area contributed by atoms with Crippen LogP contribution in [0.4, 0.5) is 0 Å². The summed E-state index contributed by atoms with van der Waals surface area (Å²) in [7, 11) is 0.